The molecule has 104 valence electrons. The smallest absolute Gasteiger partial charge is 0.185 e. The molecular formula is C10H15N5O2S2. The van der Waals surface area contributed by atoms with Crippen LogP contribution in [0.15, 0.2) is 17.3 Å². The Hall–Kier alpha value is -1.61. The maximum absolute atomic E-state index is 12.1. The number of nitrogens with one attached hydrogen (secondary N) is 2. The maximum atomic E-state index is 12.1. The third-order valence-electron chi connectivity index (χ3n) is 2.43. The highest BCUT2D eigenvalue weighted by molar-refractivity contribution is 7.91. The highest BCUT2D eigenvalue weighted by Gasteiger charge is 2.24. The number of nitrogens with zero attached hydrogens (tertiary/aromatic N) is 2. The van der Waals surface area contributed by atoms with Gasteiger partial charge < -0.3 is 16.0 Å². The summed E-state index contributed by atoms with van der Waals surface area (Å²) in [5.41, 5.74) is 5.66. The van der Waals surface area contributed by atoms with Gasteiger partial charge in [-0.1, -0.05) is 6.92 Å². The third kappa shape index (κ3) is 3.04. The first-order valence-electron chi connectivity index (χ1n) is 5.74. The SMILES string of the molecule is CCCS(=O)(=O)c1c(N)nsc1NCc1ncc[nH]1. The van der Waals surface area contributed by atoms with Gasteiger partial charge in [0.15, 0.2) is 15.7 Å². The molecule has 0 aliphatic heterocycles. The average Bonchev–Trinajstić information content (AvgIpc) is 2.95. The van der Waals surface area contributed by atoms with Gasteiger partial charge in [-0.2, -0.15) is 4.37 Å². The number of nitrogen functional groups attached to an aromatic ring is 1. The first-order valence-corrected chi connectivity index (χ1v) is 8.17. The second-order valence-electron chi connectivity index (χ2n) is 3.93. The zero-order valence-electron chi connectivity index (χ0n) is 10.4. The molecule has 0 saturated carbocycles. The zero-order chi connectivity index (χ0) is 13.9. The van der Waals surface area contributed by atoms with Gasteiger partial charge in [0, 0.05) is 12.4 Å². The fourth-order valence-electron chi connectivity index (χ4n) is 1.64. The number of hydrogen-bond acceptors (Lipinski definition) is 7. The van der Waals surface area contributed by atoms with Crippen LogP contribution in [0.5, 0.6) is 0 Å². The molecule has 0 aromatic carbocycles. The molecule has 2 aromatic heterocycles. The molecule has 0 aliphatic carbocycles. The average molecular weight is 301 g/mol. The van der Waals surface area contributed by atoms with E-state index < -0.39 is 9.84 Å². The van der Waals surface area contributed by atoms with Gasteiger partial charge in [-0.15, -0.1) is 0 Å². The number of imidazole rings is 1. The van der Waals surface area contributed by atoms with Crippen LogP contribution >= 0.6 is 11.5 Å². The Morgan fingerprint density at radius 3 is 2.95 bits per heavy atom. The van der Waals surface area contributed by atoms with Gasteiger partial charge in [0.25, 0.3) is 0 Å². The molecule has 0 unspecified atom stereocenters. The second kappa shape index (κ2) is 5.57. The van der Waals surface area contributed by atoms with Crippen molar-refractivity contribution in [2.24, 2.45) is 0 Å². The number of aromatic amines is 1. The Morgan fingerprint density at radius 2 is 2.32 bits per heavy atom. The van der Waals surface area contributed by atoms with E-state index in [2.05, 4.69) is 19.7 Å². The normalized spacial score (nSPS) is 11.6. The van der Waals surface area contributed by atoms with Crippen molar-refractivity contribution in [1.82, 2.24) is 14.3 Å². The van der Waals surface area contributed by atoms with E-state index >= 15 is 0 Å². The van der Waals surface area contributed by atoms with E-state index in [4.69, 9.17) is 5.73 Å². The monoisotopic (exact) mass is 301 g/mol. The Balaban J connectivity index is 2.22. The number of sulfone groups is 1. The lowest BCUT2D eigenvalue weighted by Gasteiger charge is -2.06. The Bertz CT molecular complexity index is 633. The molecule has 4 N–H and O–H groups in total. The quantitative estimate of drug-likeness (QED) is 0.739. The van der Waals surface area contributed by atoms with Crippen LogP contribution in [0.1, 0.15) is 19.2 Å². The van der Waals surface area contributed by atoms with Gasteiger partial charge in [0.1, 0.15) is 15.7 Å². The first-order chi connectivity index (χ1) is 9.04. The summed E-state index contributed by atoms with van der Waals surface area (Å²) in [5, 5.41) is 3.46. The van der Waals surface area contributed by atoms with Crippen LogP contribution < -0.4 is 11.1 Å². The van der Waals surface area contributed by atoms with Crippen LogP contribution in [-0.4, -0.2) is 28.5 Å². The summed E-state index contributed by atoms with van der Waals surface area (Å²) in [6.45, 7) is 2.20. The van der Waals surface area contributed by atoms with E-state index in [9.17, 15) is 8.42 Å². The summed E-state index contributed by atoms with van der Waals surface area (Å²) >= 11 is 1.04. The molecule has 0 bridgehead atoms. The molecule has 0 atom stereocenters. The van der Waals surface area contributed by atoms with E-state index in [-0.39, 0.29) is 16.5 Å². The van der Waals surface area contributed by atoms with Crippen molar-refractivity contribution in [1.29, 1.82) is 0 Å². The van der Waals surface area contributed by atoms with Crippen molar-refractivity contribution in [2.45, 2.75) is 24.8 Å². The van der Waals surface area contributed by atoms with E-state index in [0.717, 1.165) is 11.5 Å². The minimum atomic E-state index is -3.39. The van der Waals surface area contributed by atoms with Crippen LogP contribution in [0.3, 0.4) is 0 Å². The number of nitrogens with two attached hydrogens (primary N) is 1. The molecule has 9 heteroatoms. The molecule has 0 saturated heterocycles. The van der Waals surface area contributed by atoms with Gasteiger partial charge in [-0.05, 0) is 18.0 Å². The summed E-state index contributed by atoms with van der Waals surface area (Å²) in [6, 6.07) is 0. The molecule has 2 rings (SSSR count). The van der Waals surface area contributed by atoms with Crippen LogP contribution in [0, 0.1) is 0 Å². The topological polar surface area (TPSA) is 114 Å². The maximum Gasteiger partial charge on any atom is 0.185 e. The molecule has 0 aliphatic rings. The largest absolute Gasteiger partial charge is 0.382 e. The Kier molecular flexibility index (Phi) is 4.05. The number of aromatic nitrogens is 3. The minimum Gasteiger partial charge on any atom is -0.382 e. The van der Waals surface area contributed by atoms with Crippen molar-refractivity contribution < 1.29 is 8.42 Å². The fraction of sp³-hybridized carbons (Fsp3) is 0.400. The van der Waals surface area contributed by atoms with E-state index in [1.807, 2.05) is 6.92 Å². The summed E-state index contributed by atoms with van der Waals surface area (Å²) in [4.78, 5) is 7.08. The first kappa shape index (κ1) is 13.8. The van der Waals surface area contributed by atoms with Crippen LogP contribution in [-0.2, 0) is 16.4 Å². The number of H-pyrrole nitrogens is 1. The standard InChI is InChI=1S/C10H15N5O2S2/c1-2-5-19(16,17)8-9(11)15-18-10(8)14-6-7-12-3-4-13-7/h3-4,14H,2,5-6H2,1H3,(H2,11,15)(H,12,13). The highest BCUT2D eigenvalue weighted by Crippen LogP contribution is 2.32. The molecule has 0 radical (unpaired) electrons. The van der Waals surface area contributed by atoms with Gasteiger partial charge in [0.05, 0.1) is 12.3 Å². The minimum absolute atomic E-state index is 0.0559. The van der Waals surface area contributed by atoms with Crippen molar-refractivity contribution in [3.8, 4) is 0 Å². The molecule has 0 spiro atoms. The van der Waals surface area contributed by atoms with Crippen molar-refractivity contribution in [3.05, 3.63) is 18.2 Å². The molecule has 0 amide bonds. The molecule has 7 nitrogen and oxygen atoms in total. The lowest BCUT2D eigenvalue weighted by molar-refractivity contribution is 0.595. The Labute approximate surface area is 115 Å². The van der Waals surface area contributed by atoms with E-state index in [0.29, 0.717) is 23.8 Å². The lowest BCUT2D eigenvalue weighted by Crippen LogP contribution is -2.10. The Morgan fingerprint density at radius 1 is 1.53 bits per heavy atom. The van der Waals surface area contributed by atoms with Gasteiger partial charge in [-0.25, -0.2) is 13.4 Å². The predicted octanol–water partition coefficient (Wildman–Crippen LogP) is 1.24. The number of hydrogen-bond donors (Lipinski definition) is 3. The van der Waals surface area contributed by atoms with E-state index in [1.165, 1.54) is 0 Å². The lowest BCUT2D eigenvalue weighted by atomic mass is 10.5. The second-order valence-corrected chi connectivity index (χ2v) is 6.75. The molecular weight excluding hydrogens is 286 g/mol. The summed E-state index contributed by atoms with van der Waals surface area (Å²) < 4.78 is 28.2. The molecule has 19 heavy (non-hydrogen) atoms. The fourth-order valence-corrected chi connectivity index (χ4v) is 4.25. The van der Waals surface area contributed by atoms with Crippen LogP contribution in [0.25, 0.3) is 0 Å². The van der Waals surface area contributed by atoms with Crippen LogP contribution in [0.4, 0.5) is 10.8 Å². The van der Waals surface area contributed by atoms with E-state index in [1.54, 1.807) is 12.4 Å². The number of rotatable bonds is 6. The van der Waals surface area contributed by atoms with Crippen LogP contribution in [0.2, 0.25) is 0 Å². The summed E-state index contributed by atoms with van der Waals surface area (Å²) in [5.74, 6) is 0.830. The molecule has 0 fully saturated rings. The van der Waals surface area contributed by atoms with Crippen molar-refractivity contribution >= 4 is 32.2 Å². The number of anilines is 2. The van der Waals surface area contributed by atoms with Gasteiger partial charge >= 0.3 is 0 Å². The summed E-state index contributed by atoms with van der Waals surface area (Å²) in [7, 11) is -3.39. The molecule has 2 aromatic rings. The van der Waals surface area contributed by atoms with Gasteiger partial charge in [-0.3, -0.25) is 0 Å². The zero-order valence-corrected chi connectivity index (χ0v) is 12.0. The van der Waals surface area contributed by atoms with Gasteiger partial charge in [0.2, 0.25) is 0 Å². The highest BCUT2D eigenvalue weighted by atomic mass is 32.2. The molecule has 2 heterocycles. The summed E-state index contributed by atoms with van der Waals surface area (Å²) in [6.07, 6.45) is 3.87. The van der Waals surface area contributed by atoms with Crippen molar-refractivity contribution in [3.63, 3.8) is 0 Å². The predicted molar refractivity (Wildman–Crippen MR) is 74.8 cm³/mol. The third-order valence-corrected chi connectivity index (χ3v) is 5.36. The van der Waals surface area contributed by atoms with Crippen molar-refractivity contribution in [2.75, 3.05) is 16.8 Å².